The van der Waals surface area contributed by atoms with Gasteiger partial charge in [0.25, 0.3) is 4.80 Å². The average Bonchev–Trinajstić information content (AvgIpc) is 2.27. The van der Waals surface area contributed by atoms with Crippen molar-refractivity contribution in [1.82, 2.24) is 9.97 Å². The maximum absolute atomic E-state index is 5.67. The van der Waals surface area contributed by atoms with E-state index in [4.69, 9.17) is 16.0 Å². The van der Waals surface area contributed by atoms with Crippen molar-refractivity contribution < 1.29 is 4.42 Å². The molecule has 0 radical (unpaired) electrons. The Bertz CT molecular complexity index is 400. The van der Waals surface area contributed by atoms with Gasteiger partial charge in [-0.1, -0.05) is 11.6 Å². The maximum Gasteiger partial charge on any atom is 0.266 e. The molecular formula is C6H2BrClN2O. The molecule has 56 valence electrons. The molecule has 2 aromatic rings. The predicted octanol–water partition coefficient (Wildman–Crippen LogP) is 2.64. The summed E-state index contributed by atoms with van der Waals surface area (Å²) >= 11 is 8.76. The van der Waals surface area contributed by atoms with Crippen LogP contribution in [0.2, 0.25) is 5.02 Å². The molecule has 2 rings (SSSR count). The van der Waals surface area contributed by atoms with Crippen molar-refractivity contribution in [2.75, 3.05) is 0 Å². The molecule has 3 nitrogen and oxygen atoms in total. The number of hydrogen-bond acceptors (Lipinski definition) is 3. The summed E-state index contributed by atoms with van der Waals surface area (Å²) in [4.78, 5) is 8.31. The van der Waals surface area contributed by atoms with Crippen molar-refractivity contribution in [2.24, 2.45) is 0 Å². The van der Waals surface area contributed by atoms with Crippen molar-refractivity contribution in [2.45, 2.75) is 0 Å². The topological polar surface area (TPSA) is 38.9 Å². The van der Waals surface area contributed by atoms with Gasteiger partial charge in [-0.05, 0) is 6.07 Å². The third kappa shape index (κ3) is 1.23. The summed E-state index contributed by atoms with van der Waals surface area (Å²) in [6.07, 6.45) is 1.52. The second-order valence-electron chi connectivity index (χ2n) is 1.94. The van der Waals surface area contributed by atoms with E-state index in [2.05, 4.69) is 25.9 Å². The highest BCUT2D eigenvalue weighted by molar-refractivity contribution is 9.10. The third-order valence-corrected chi connectivity index (χ3v) is 1.73. The Morgan fingerprint density at radius 3 is 3.18 bits per heavy atom. The van der Waals surface area contributed by atoms with Crippen molar-refractivity contribution in [3.63, 3.8) is 0 Å². The molecular weight excluding hydrogens is 231 g/mol. The van der Waals surface area contributed by atoms with E-state index < -0.39 is 0 Å². The minimum Gasteiger partial charge on any atom is -0.412 e. The quantitative estimate of drug-likeness (QED) is 0.702. The van der Waals surface area contributed by atoms with Gasteiger partial charge in [0.1, 0.15) is 5.52 Å². The Morgan fingerprint density at radius 1 is 1.55 bits per heavy atom. The molecule has 0 fully saturated rings. The molecule has 0 saturated carbocycles. The molecule has 0 saturated heterocycles. The average molecular weight is 233 g/mol. The molecule has 0 atom stereocenters. The van der Waals surface area contributed by atoms with E-state index in [1.165, 1.54) is 6.20 Å². The Labute approximate surface area is 75.5 Å². The van der Waals surface area contributed by atoms with Crippen molar-refractivity contribution in [3.8, 4) is 0 Å². The molecule has 0 aliphatic heterocycles. The van der Waals surface area contributed by atoms with E-state index in [0.717, 1.165) is 0 Å². The van der Waals surface area contributed by atoms with E-state index in [9.17, 15) is 0 Å². The lowest BCUT2D eigenvalue weighted by atomic mass is 10.4. The smallest absolute Gasteiger partial charge is 0.266 e. The lowest BCUT2D eigenvalue weighted by Gasteiger charge is -1.84. The zero-order chi connectivity index (χ0) is 7.84. The number of halogens is 2. The van der Waals surface area contributed by atoms with E-state index >= 15 is 0 Å². The molecule has 5 heteroatoms. The summed E-state index contributed by atoms with van der Waals surface area (Å²) in [6.45, 7) is 0. The number of aromatic nitrogens is 2. The molecule has 2 aromatic heterocycles. The monoisotopic (exact) mass is 232 g/mol. The molecule has 0 aromatic carbocycles. The molecule has 2 heterocycles. The predicted molar refractivity (Wildman–Crippen MR) is 44.5 cm³/mol. The first-order chi connectivity index (χ1) is 5.25. The minimum atomic E-state index is 0.419. The van der Waals surface area contributed by atoms with Crippen LogP contribution in [0, 0.1) is 0 Å². The van der Waals surface area contributed by atoms with Crippen LogP contribution in [0.5, 0.6) is 0 Å². The molecule has 11 heavy (non-hydrogen) atoms. The Morgan fingerprint density at radius 2 is 2.36 bits per heavy atom. The normalized spacial score (nSPS) is 10.7. The van der Waals surface area contributed by atoms with Crippen molar-refractivity contribution in [1.29, 1.82) is 0 Å². The van der Waals surface area contributed by atoms with Gasteiger partial charge in [0, 0.05) is 22.1 Å². The zero-order valence-corrected chi connectivity index (χ0v) is 7.56. The number of pyridine rings is 1. The van der Waals surface area contributed by atoms with Gasteiger partial charge in [-0.3, -0.25) is 0 Å². The Balaban J connectivity index is 2.82. The van der Waals surface area contributed by atoms with Crippen LogP contribution in [0.1, 0.15) is 0 Å². The van der Waals surface area contributed by atoms with Gasteiger partial charge in [0.2, 0.25) is 5.71 Å². The molecule has 0 aliphatic rings. The van der Waals surface area contributed by atoms with Gasteiger partial charge in [-0.2, -0.15) is 0 Å². The lowest BCUT2D eigenvalue weighted by molar-refractivity contribution is 0.560. The molecule has 0 amide bonds. The summed E-state index contributed by atoms with van der Waals surface area (Å²) in [5.41, 5.74) is 1.14. The SMILES string of the molecule is Clc1cnc2oc(Br)nc2c1. The summed E-state index contributed by atoms with van der Waals surface area (Å²) in [5.74, 6) is 0. The third-order valence-electron chi connectivity index (χ3n) is 1.19. The largest absolute Gasteiger partial charge is 0.412 e. The summed E-state index contributed by atoms with van der Waals surface area (Å²) in [5, 5.41) is 0.554. The van der Waals surface area contributed by atoms with E-state index in [-0.39, 0.29) is 0 Å². The van der Waals surface area contributed by atoms with E-state index in [1.807, 2.05) is 0 Å². The first-order valence-electron chi connectivity index (χ1n) is 2.83. The number of hydrogen-bond donors (Lipinski definition) is 0. The highest BCUT2D eigenvalue weighted by Gasteiger charge is 2.03. The second kappa shape index (κ2) is 2.46. The van der Waals surface area contributed by atoms with Crippen LogP contribution in [0.25, 0.3) is 11.2 Å². The van der Waals surface area contributed by atoms with Gasteiger partial charge in [-0.15, -0.1) is 0 Å². The zero-order valence-electron chi connectivity index (χ0n) is 5.21. The number of fused-ring (bicyclic) bond motifs is 1. The van der Waals surface area contributed by atoms with Gasteiger partial charge < -0.3 is 4.42 Å². The van der Waals surface area contributed by atoms with Crippen LogP contribution in [-0.4, -0.2) is 9.97 Å². The maximum atomic E-state index is 5.67. The highest BCUT2D eigenvalue weighted by Crippen LogP contribution is 2.19. The second-order valence-corrected chi connectivity index (χ2v) is 3.06. The van der Waals surface area contributed by atoms with Gasteiger partial charge in [0.15, 0.2) is 0 Å². The van der Waals surface area contributed by atoms with Crippen molar-refractivity contribution in [3.05, 3.63) is 22.1 Å². The fraction of sp³-hybridized carbons (Fsp3) is 0. The summed E-state index contributed by atoms with van der Waals surface area (Å²) in [7, 11) is 0. The van der Waals surface area contributed by atoms with Crippen molar-refractivity contribution >= 4 is 38.8 Å². The molecule has 0 N–H and O–H groups in total. The molecule has 0 unspecified atom stereocenters. The first-order valence-corrected chi connectivity index (χ1v) is 4.00. The van der Waals surface area contributed by atoms with Crippen LogP contribution in [0.3, 0.4) is 0 Å². The molecule has 0 bridgehead atoms. The van der Waals surface area contributed by atoms with Crippen LogP contribution in [-0.2, 0) is 0 Å². The number of rotatable bonds is 0. The fourth-order valence-electron chi connectivity index (χ4n) is 0.772. The first kappa shape index (κ1) is 7.06. The lowest BCUT2D eigenvalue weighted by Crippen LogP contribution is -1.72. The van der Waals surface area contributed by atoms with E-state index in [0.29, 0.717) is 21.1 Å². The standard InChI is InChI=1S/C6H2BrClN2O/c7-6-10-4-1-3(8)2-9-5(4)11-6/h1-2H. The van der Waals surface area contributed by atoms with Gasteiger partial charge in [-0.25, -0.2) is 9.97 Å². The number of nitrogens with zero attached hydrogens (tertiary/aromatic N) is 2. The van der Waals surface area contributed by atoms with Crippen LogP contribution >= 0.6 is 27.5 Å². The minimum absolute atomic E-state index is 0.419. The van der Waals surface area contributed by atoms with Gasteiger partial charge in [0.05, 0.1) is 5.02 Å². The Kier molecular flexibility index (Phi) is 1.58. The van der Waals surface area contributed by atoms with E-state index in [1.54, 1.807) is 6.07 Å². The fourth-order valence-corrected chi connectivity index (χ4v) is 1.27. The molecule has 0 aliphatic carbocycles. The summed E-state index contributed by atoms with van der Waals surface area (Å²) < 4.78 is 5.06. The highest BCUT2D eigenvalue weighted by atomic mass is 79.9. The summed E-state index contributed by atoms with van der Waals surface area (Å²) in [6, 6.07) is 1.69. The number of oxazole rings is 1. The molecule has 0 spiro atoms. The van der Waals surface area contributed by atoms with Gasteiger partial charge >= 0.3 is 0 Å². The van der Waals surface area contributed by atoms with Crippen LogP contribution in [0.15, 0.2) is 21.5 Å². The Hall–Kier alpha value is -0.610. The van der Waals surface area contributed by atoms with Crippen LogP contribution in [0.4, 0.5) is 0 Å². The van der Waals surface area contributed by atoms with Crippen LogP contribution < -0.4 is 0 Å².